The third kappa shape index (κ3) is 4.18. The molecule has 2 aromatic carbocycles. The zero-order valence-corrected chi connectivity index (χ0v) is 14.2. The Balaban J connectivity index is 1.54. The summed E-state index contributed by atoms with van der Waals surface area (Å²) in [6.45, 7) is 2.22. The average Bonchev–Trinajstić information content (AvgIpc) is 3.15. The van der Waals surface area contributed by atoms with E-state index in [1.54, 1.807) is 18.2 Å². The first-order valence-electron chi connectivity index (χ1n) is 8.33. The minimum Gasteiger partial charge on any atom is -0.465 e. The highest BCUT2D eigenvalue weighted by Crippen LogP contribution is 2.23. The average molecular weight is 339 g/mol. The van der Waals surface area contributed by atoms with Crippen molar-refractivity contribution in [3.63, 3.8) is 0 Å². The smallest absolute Gasteiger partial charge is 0.338 e. The van der Waals surface area contributed by atoms with Crippen molar-refractivity contribution in [2.45, 2.75) is 6.42 Å². The van der Waals surface area contributed by atoms with Gasteiger partial charge in [-0.15, -0.1) is 0 Å². The molecule has 0 radical (unpaired) electrons. The fourth-order valence-corrected chi connectivity index (χ4v) is 3.01. The fraction of sp³-hybridized carbons (Fsp3) is 0.300. The van der Waals surface area contributed by atoms with E-state index in [4.69, 9.17) is 4.74 Å². The van der Waals surface area contributed by atoms with Crippen LogP contribution in [-0.4, -0.2) is 38.7 Å². The first-order chi connectivity index (χ1) is 12.2. The fourth-order valence-electron chi connectivity index (χ4n) is 3.01. The highest BCUT2D eigenvalue weighted by molar-refractivity contribution is 5.95. The number of esters is 2. The number of benzene rings is 2. The van der Waals surface area contributed by atoms with E-state index in [0.717, 1.165) is 19.5 Å². The number of carbonyl (C=O) groups excluding carboxylic acids is 2. The minimum atomic E-state index is -0.469. The Hall–Kier alpha value is -2.82. The summed E-state index contributed by atoms with van der Waals surface area (Å²) in [6, 6.07) is 16.6. The van der Waals surface area contributed by atoms with Crippen molar-refractivity contribution in [3.8, 4) is 0 Å². The van der Waals surface area contributed by atoms with Crippen LogP contribution in [0.3, 0.4) is 0 Å². The van der Waals surface area contributed by atoms with E-state index in [1.165, 1.54) is 18.9 Å². The van der Waals surface area contributed by atoms with Gasteiger partial charge in [-0.25, -0.2) is 9.59 Å². The third-order valence-electron chi connectivity index (χ3n) is 4.38. The summed E-state index contributed by atoms with van der Waals surface area (Å²) >= 11 is 0. The number of ether oxygens (including phenoxy) is 2. The number of nitrogens with zero attached hydrogens (tertiary/aromatic N) is 1. The Morgan fingerprint density at radius 2 is 1.76 bits per heavy atom. The van der Waals surface area contributed by atoms with Gasteiger partial charge < -0.3 is 14.4 Å². The predicted octanol–water partition coefficient (Wildman–Crippen LogP) is 3.16. The van der Waals surface area contributed by atoms with E-state index < -0.39 is 11.9 Å². The van der Waals surface area contributed by atoms with Crippen molar-refractivity contribution < 1.29 is 19.1 Å². The number of carbonyl (C=O) groups is 2. The van der Waals surface area contributed by atoms with Crippen molar-refractivity contribution in [2.24, 2.45) is 5.92 Å². The summed E-state index contributed by atoms with van der Waals surface area (Å²) in [5.74, 6) is -0.569. The summed E-state index contributed by atoms with van der Waals surface area (Å²) in [7, 11) is 1.31. The molecule has 0 bridgehead atoms. The summed E-state index contributed by atoms with van der Waals surface area (Å²) in [5.41, 5.74) is 1.90. The second kappa shape index (κ2) is 7.83. The van der Waals surface area contributed by atoms with Crippen molar-refractivity contribution in [2.75, 3.05) is 31.7 Å². The second-order valence-electron chi connectivity index (χ2n) is 6.11. The molecule has 1 unspecified atom stereocenters. The van der Waals surface area contributed by atoms with Crippen LogP contribution in [0.1, 0.15) is 27.1 Å². The van der Waals surface area contributed by atoms with Gasteiger partial charge in [0, 0.05) is 24.7 Å². The number of methoxy groups -OCH3 is 1. The van der Waals surface area contributed by atoms with Gasteiger partial charge in [0.1, 0.15) is 0 Å². The number of hydrogen-bond acceptors (Lipinski definition) is 5. The van der Waals surface area contributed by atoms with Gasteiger partial charge in [-0.1, -0.05) is 24.3 Å². The van der Waals surface area contributed by atoms with Crippen LogP contribution in [0.2, 0.25) is 0 Å². The van der Waals surface area contributed by atoms with Crippen LogP contribution in [-0.2, 0) is 9.47 Å². The lowest BCUT2D eigenvalue weighted by Gasteiger charge is -2.18. The molecular formula is C20H21NO4. The van der Waals surface area contributed by atoms with Crippen LogP contribution in [0, 0.1) is 5.92 Å². The summed E-state index contributed by atoms with van der Waals surface area (Å²) < 4.78 is 10.1. The Bertz CT molecular complexity index is 744. The molecule has 0 aliphatic carbocycles. The zero-order valence-electron chi connectivity index (χ0n) is 14.2. The molecule has 3 rings (SSSR count). The molecule has 0 amide bonds. The molecule has 1 heterocycles. The van der Waals surface area contributed by atoms with Gasteiger partial charge in [-0.3, -0.25) is 0 Å². The summed E-state index contributed by atoms with van der Waals surface area (Å²) in [5, 5.41) is 0. The maximum atomic E-state index is 12.2. The summed E-state index contributed by atoms with van der Waals surface area (Å²) in [4.78, 5) is 26.1. The molecule has 5 nitrogen and oxygen atoms in total. The molecule has 1 atom stereocenters. The van der Waals surface area contributed by atoms with Gasteiger partial charge in [0.05, 0.1) is 24.8 Å². The number of rotatable bonds is 5. The van der Waals surface area contributed by atoms with Crippen LogP contribution in [0.25, 0.3) is 0 Å². The molecule has 130 valence electrons. The van der Waals surface area contributed by atoms with Crippen molar-refractivity contribution in [1.82, 2.24) is 0 Å². The topological polar surface area (TPSA) is 55.8 Å². The molecule has 1 aliphatic heterocycles. The van der Waals surface area contributed by atoms with Crippen LogP contribution in [0.5, 0.6) is 0 Å². The van der Waals surface area contributed by atoms with E-state index in [9.17, 15) is 9.59 Å². The SMILES string of the molecule is COC(=O)c1cccc(C(=O)OCC2CCN(c3ccccc3)C2)c1. The van der Waals surface area contributed by atoms with Gasteiger partial charge in [-0.2, -0.15) is 0 Å². The van der Waals surface area contributed by atoms with Gasteiger partial charge in [0.2, 0.25) is 0 Å². The number of anilines is 1. The Kier molecular flexibility index (Phi) is 5.33. The number of hydrogen-bond donors (Lipinski definition) is 0. The molecule has 1 fully saturated rings. The van der Waals surface area contributed by atoms with Crippen LogP contribution in [0.15, 0.2) is 54.6 Å². The van der Waals surface area contributed by atoms with Gasteiger partial charge >= 0.3 is 11.9 Å². The van der Waals surface area contributed by atoms with E-state index in [-0.39, 0.29) is 0 Å². The normalized spacial score (nSPS) is 16.5. The Morgan fingerprint density at radius 1 is 1.04 bits per heavy atom. The number of para-hydroxylation sites is 1. The molecule has 1 saturated heterocycles. The highest BCUT2D eigenvalue weighted by atomic mass is 16.5. The molecule has 25 heavy (non-hydrogen) atoms. The highest BCUT2D eigenvalue weighted by Gasteiger charge is 2.24. The van der Waals surface area contributed by atoms with E-state index in [2.05, 4.69) is 21.8 Å². The molecule has 0 N–H and O–H groups in total. The lowest BCUT2D eigenvalue weighted by Crippen LogP contribution is -2.22. The second-order valence-corrected chi connectivity index (χ2v) is 6.11. The molecule has 2 aromatic rings. The van der Waals surface area contributed by atoms with E-state index in [0.29, 0.717) is 23.7 Å². The lowest BCUT2D eigenvalue weighted by atomic mass is 10.1. The first kappa shape index (κ1) is 17.0. The van der Waals surface area contributed by atoms with Crippen LogP contribution < -0.4 is 4.90 Å². The van der Waals surface area contributed by atoms with E-state index >= 15 is 0 Å². The maximum absolute atomic E-state index is 12.2. The molecule has 0 aromatic heterocycles. The van der Waals surface area contributed by atoms with Crippen molar-refractivity contribution in [1.29, 1.82) is 0 Å². The lowest BCUT2D eigenvalue weighted by molar-refractivity contribution is 0.0451. The Morgan fingerprint density at radius 3 is 2.48 bits per heavy atom. The Labute approximate surface area is 147 Å². The molecule has 0 saturated carbocycles. The largest absolute Gasteiger partial charge is 0.465 e. The standard InChI is InChI=1S/C20H21NO4/c1-24-19(22)16-6-5-7-17(12-16)20(23)25-14-15-10-11-21(13-15)18-8-3-2-4-9-18/h2-9,12,15H,10-11,13-14H2,1H3. The third-order valence-corrected chi connectivity index (χ3v) is 4.38. The molecule has 5 heteroatoms. The quantitative estimate of drug-likeness (QED) is 0.783. The van der Waals surface area contributed by atoms with Crippen LogP contribution in [0.4, 0.5) is 5.69 Å². The first-order valence-corrected chi connectivity index (χ1v) is 8.33. The van der Waals surface area contributed by atoms with Gasteiger partial charge in [0.25, 0.3) is 0 Å². The van der Waals surface area contributed by atoms with Crippen molar-refractivity contribution >= 4 is 17.6 Å². The van der Waals surface area contributed by atoms with E-state index in [1.807, 2.05) is 18.2 Å². The van der Waals surface area contributed by atoms with Crippen LogP contribution >= 0.6 is 0 Å². The van der Waals surface area contributed by atoms with Gasteiger partial charge in [-0.05, 0) is 36.8 Å². The van der Waals surface area contributed by atoms with Crippen molar-refractivity contribution in [3.05, 3.63) is 65.7 Å². The zero-order chi connectivity index (χ0) is 17.6. The molecular weight excluding hydrogens is 318 g/mol. The monoisotopic (exact) mass is 339 g/mol. The molecule has 0 spiro atoms. The minimum absolute atomic E-state index is 0.313. The maximum Gasteiger partial charge on any atom is 0.338 e. The van der Waals surface area contributed by atoms with Gasteiger partial charge in [0.15, 0.2) is 0 Å². The predicted molar refractivity (Wildman–Crippen MR) is 94.8 cm³/mol. The molecule has 1 aliphatic rings. The summed E-state index contributed by atoms with van der Waals surface area (Å²) in [6.07, 6.45) is 0.990.